The maximum absolute atomic E-state index is 13.8. The van der Waals surface area contributed by atoms with Crippen molar-refractivity contribution >= 4 is 35.1 Å². The quantitative estimate of drug-likeness (QED) is 0.476. The highest BCUT2D eigenvalue weighted by atomic mass is 32.2. The van der Waals surface area contributed by atoms with E-state index in [-0.39, 0.29) is 11.9 Å². The molecule has 0 spiro atoms. The van der Waals surface area contributed by atoms with Crippen molar-refractivity contribution in [1.82, 2.24) is 4.90 Å². The first kappa shape index (κ1) is 22.2. The van der Waals surface area contributed by atoms with Gasteiger partial charge in [0.05, 0.1) is 16.2 Å². The fourth-order valence-corrected chi connectivity index (χ4v) is 6.60. The van der Waals surface area contributed by atoms with Crippen LogP contribution in [0.25, 0.3) is 0 Å². The van der Waals surface area contributed by atoms with Gasteiger partial charge in [0.15, 0.2) is 0 Å². The molecule has 1 aliphatic rings. The van der Waals surface area contributed by atoms with Crippen LogP contribution in [0.1, 0.15) is 66.7 Å². The lowest BCUT2D eigenvalue weighted by atomic mass is 9.91. The summed E-state index contributed by atoms with van der Waals surface area (Å²) in [7, 11) is 0. The molecule has 27 heavy (non-hydrogen) atoms. The van der Waals surface area contributed by atoms with E-state index in [2.05, 4.69) is 41.5 Å². The van der Waals surface area contributed by atoms with E-state index in [1.165, 1.54) is 16.7 Å². The van der Waals surface area contributed by atoms with E-state index in [1.807, 2.05) is 42.3 Å². The third-order valence-electron chi connectivity index (χ3n) is 5.97. The maximum Gasteiger partial charge on any atom is 0.260 e. The van der Waals surface area contributed by atoms with Crippen LogP contribution in [0.2, 0.25) is 0 Å². The molecule has 1 atom stereocenters. The summed E-state index contributed by atoms with van der Waals surface area (Å²) >= 11 is 3.89. The second-order valence-corrected chi connectivity index (χ2v) is 10.5. The van der Waals surface area contributed by atoms with Crippen LogP contribution >= 0.6 is 23.5 Å². The van der Waals surface area contributed by atoms with Crippen LogP contribution in [0, 0.1) is 27.7 Å². The number of hydrogen-bond acceptors (Lipinski definition) is 4. The summed E-state index contributed by atoms with van der Waals surface area (Å²) < 4.78 is 0.380. The molecule has 3 nitrogen and oxygen atoms in total. The molecule has 1 aromatic carbocycles. The standard InChI is InChI=1S/C22H34N2OS2/c1-9-26-22(27-10-2)18-11-12(3)17(8)24(18)21(25)19-15(6)13(4)14(5)16(7)20(19)23/h18,22H,9-11,23H2,1-8H3. The van der Waals surface area contributed by atoms with Crippen LogP contribution in [-0.4, -0.2) is 32.9 Å². The average Bonchev–Trinajstić information content (AvgIpc) is 2.93. The van der Waals surface area contributed by atoms with E-state index in [0.717, 1.165) is 34.8 Å². The van der Waals surface area contributed by atoms with Gasteiger partial charge in [0.2, 0.25) is 0 Å². The van der Waals surface area contributed by atoms with Gasteiger partial charge in [-0.15, -0.1) is 23.5 Å². The van der Waals surface area contributed by atoms with E-state index < -0.39 is 0 Å². The highest BCUT2D eigenvalue weighted by Crippen LogP contribution is 2.41. The summed E-state index contributed by atoms with van der Waals surface area (Å²) in [5.41, 5.74) is 14.6. The zero-order valence-corrected chi connectivity index (χ0v) is 19.7. The molecule has 1 heterocycles. The molecule has 0 saturated heterocycles. The summed E-state index contributed by atoms with van der Waals surface area (Å²) in [6.07, 6.45) is 0.949. The van der Waals surface area contributed by atoms with Crippen molar-refractivity contribution in [3.05, 3.63) is 39.1 Å². The number of carbonyl (C=O) groups excluding carboxylic acids is 1. The molecule has 0 aromatic heterocycles. The fourth-order valence-electron chi connectivity index (χ4n) is 3.86. The Labute approximate surface area is 173 Å². The van der Waals surface area contributed by atoms with Crippen molar-refractivity contribution in [2.75, 3.05) is 17.2 Å². The Hall–Kier alpha value is -1.07. The van der Waals surface area contributed by atoms with E-state index in [9.17, 15) is 4.79 Å². The van der Waals surface area contributed by atoms with Gasteiger partial charge in [0.25, 0.3) is 5.91 Å². The first-order valence-corrected chi connectivity index (χ1v) is 11.9. The number of rotatable bonds is 6. The number of nitrogen functional groups attached to an aromatic ring is 1. The Morgan fingerprint density at radius 2 is 1.52 bits per heavy atom. The molecule has 2 N–H and O–H groups in total. The molecule has 1 aliphatic heterocycles. The van der Waals surface area contributed by atoms with Crippen LogP contribution in [0.3, 0.4) is 0 Å². The Bertz CT molecular complexity index is 735. The van der Waals surface area contributed by atoms with E-state index >= 15 is 0 Å². The summed E-state index contributed by atoms with van der Waals surface area (Å²) in [6.45, 7) is 16.8. The number of thioether (sulfide) groups is 2. The minimum atomic E-state index is 0.0638. The first-order chi connectivity index (χ1) is 12.7. The zero-order valence-electron chi connectivity index (χ0n) is 18.0. The molecule has 5 heteroatoms. The summed E-state index contributed by atoms with van der Waals surface area (Å²) in [6, 6.07) is 0.188. The Morgan fingerprint density at radius 3 is 2.04 bits per heavy atom. The van der Waals surface area contributed by atoms with E-state index in [4.69, 9.17) is 5.73 Å². The molecular weight excluding hydrogens is 372 g/mol. The first-order valence-electron chi connectivity index (χ1n) is 9.76. The summed E-state index contributed by atoms with van der Waals surface area (Å²) in [4.78, 5) is 15.8. The number of carbonyl (C=O) groups is 1. The van der Waals surface area contributed by atoms with E-state index in [0.29, 0.717) is 15.8 Å². The second kappa shape index (κ2) is 8.95. The van der Waals surface area contributed by atoms with Crippen LogP contribution in [0.4, 0.5) is 5.69 Å². The largest absolute Gasteiger partial charge is 0.398 e. The highest BCUT2D eigenvalue weighted by Gasteiger charge is 2.39. The number of amides is 1. The lowest BCUT2D eigenvalue weighted by Gasteiger charge is -2.33. The molecule has 1 aromatic rings. The van der Waals surface area contributed by atoms with Gasteiger partial charge in [0, 0.05) is 11.4 Å². The molecule has 0 fully saturated rings. The molecule has 1 unspecified atom stereocenters. The monoisotopic (exact) mass is 406 g/mol. The molecule has 0 bridgehead atoms. The number of anilines is 1. The predicted molar refractivity (Wildman–Crippen MR) is 123 cm³/mol. The van der Waals surface area contributed by atoms with Crippen molar-refractivity contribution in [2.24, 2.45) is 0 Å². The average molecular weight is 407 g/mol. The second-order valence-electron chi connectivity index (χ2n) is 7.38. The molecule has 0 radical (unpaired) electrons. The van der Waals surface area contributed by atoms with Crippen LogP contribution in [0.5, 0.6) is 0 Å². The van der Waals surface area contributed by atoms with Gasteiger partial charge in [-0.25, -0.2) is 0 Å². The van der Waals surface area contributed by atoms with Crippen molar-refractivity contribution in [2.45, 2.75) is 72.4 Å². The van der Waals surface area contributed by atoms with Gasteiger partial charge in [0.1, 0.15) is 0 Å². The van der Waals surface area contributed by atoms with E-state index in [1.54, 1.807) is 0 Å². The van der Waals surface area contributed by atoms with Gasteiger partial charge in [-0.2, -0.15) is 0 Å². The molecule has 150 valence electrons. The van der Waals surface area contributed by atoms with Crippen molar-refractivity contribution < 1.29 is 4.79 Å². The smallest absolute Gasteiger partial charge is 0.260 e. The predicted octanol–water partition coefficient (Wildman–Crippen LogP) is 5.84. The summed E-state index contributed by atoms with van der Waals surface area (Å²) in [5.74, 6) is 2.17. The number of nitrogens with zero attached hydrogens (tertiary/aromatic N) is 1. The molecule has 0 aliphatic carbocycles. The number of nitrogens with two attached hydrogens (primary N) is 1. The van der Waals surface area contributed by atoms with Gasteiger partial charge in [-0.1, -0.05) is 19.4 Å². The Kier molecular flexibility index (Phi) is 7.37. The van der Waals surface area contributed by atoms with Crippen molar-refractivity contribution in [1.29, 1.82) is 0 Å². The Balaban J connectivity index is 2.55. The number of benzene rings is 1. The fraction of sp³-hybridized carbons (Fsp3) is 0.591. The van der Waals surface area contributed by atoms with Crippen molar-refractivity contribution in [3.8, 4) is 0 Å². The molecule has 0 saturated carbocycles. The summed E-state index contributed by atoms with van der Waals surface area (Å²) in [5, 5.41) is 0. The van der Waals surface area contributed by atoms with Gasteiger partial charge < -0.3 is 10.6 Å². The lowest BCUT2D eigenvalue weighted by Crippen LogP contribution is -2.41. The van der Waals surface area contributed by atoms with Gasteiger partial charge in [-0.3, -0.25) is 4.79 Å². The minimum Gasteiger partial charge on any atom is -0.398 e. The normalized spacial score (nSPS) is 17.4. The van der Waals surface area contributed by atoms with Crippen LogP contribution < -0.4 is 5.73 Å². The Morgan fingerprint density at radius 1 is 1.00 bits per heavy atom. The topological polar surface area (TPSA) is 46.3 Å². The number of hydrogen-bond donors (Lipinski definition) is 1. The number of allylic oxidation sites excluding steroid dienone is 1. The third kappa shape index (κ3) is 4.04. The van der Waals surface area contributed by atoms with Crippen LogP contribution in [0.15, 0.2) is 11.3 Å². The molecule has 2 rings (SSSR count). The molecular formula is C22H34N2OS2. The third-order valence-corrected chi connectivity index (χ3v) is 8.74. The van der Waals surface area contributed by atoms with Crippen LogP contribution in [-0.2, 0) is 0 Å². The highest BCUT2D eigenvalue weighted by molar-refractivity contribution is 8.17. The van der Waals surface area contributed by atoms with Gasteiger partial charge >= 0.3 is 0 Å². The lowest BCUT2D eigenvalue weighted by molar-refractivity contribution is 0.0775. The minimum absolute atomic E-state index is 0.0638. The maximum atomic E-state index is 13.8. The van der Waals surface area contributed by atoms with Crippen molar-refractivity contribution in [3.63, 3.8) is 0 Å². The molecule has 1 amide bonds. The van der Waals surface area contributed by atoms with Gasteiger partial charge in [-0.05, 0) is 81.7 Å². The SMILES string of the molecule is CCSC(SCC)C1CC(C)=C(C)N1C(=O)c1c(C)c(C)c(C)c(C)c1N. The zero-order chi connectivity index (χ0) is 20.5.